The van der Waals surface area contributed by atoms with Gasteiger partial charge in [0.2, 0.25) is 11.8 Å². The van der Waals surface area contributed by atoms with Crippen molar-refractivity contribution in [3.63, 3.8) is 0 Å². The van der Waals surface area contributed by atoms with E-state index in [1.54, 1.807) is 0 Å². The van der Waals surface area contributed by atoms with Crippen molar-refractivity contribution in [2.75, 3.05) is 5.43 Å². The van der Waals surface area contributed by atoms with Crippen LogP contribution in [0.4, 0.5) is 19.1 Å². The van der Waals surface area contributed by atoms with Crippen LogP contribution in [0.3, 0.4) is 0 Å². The fourth-order valence-corrected chi connectivity index (χ4v) is 1.41. The molecule has 2 aromatic rings. The van der Waals surface area contributed by atoms with Gasteiger partial charge in [0.1, 0.15) is 5.75 Å². The van der Waals surface area contributed by atoms with E-state index < -0.39 is 17.8 Å². The van der Waals surface area contributed by atoms with E-state index in [9.17, 15) is 13.2 Å². The molecule has 0 bridgehead atoms. The van der Waals surface area contributed by atoms with Crippen LogP contribution in [0, 0.1) is 11.3 Å². The van der Waals surface area contributed by atoms with E-state index in [-0.39, 0.29) is 11.6 Å². The van der Waals surface area contributed by atoms with Crippen LogP contribution in [0.1, 0.15) is 11.3 Å². The van der Waals surface area contributed by atoms with E-state index in [0.717, 1.165) is 0 Å². The van der Waals surface area contributed by atoms with Gasteiger partial charge in [0.05, 0.1) is 11.6 Å². The highest BCUT2D eigenvalue weighted by Gasteiger charge is 2.34. The van der Waals surface area contributed by atoms with E-state index in [0.29, 0.717) is 11.6 Å². The Balaban J connectivity index is 2.32. The summed E-state index contributed by atoms with van der Waals surface area (Å²) in [5.74, 6) is 4.51. The lowest BCUT2D eigenvalue weighted by Crippen LogP contribution is -2.15. The Morgan fingerprint density at radius 1 is 1.19 bits per heavy atom. The average Bonchev–Trinajstić information content (AvgIpc) is 2.46. The maximum atomic E-state index is 12.7. The number of hydrogen-bond acceptors (Lipinski definition) is 6. The summed E-state index contributed by atoms with van der Waals surface area (Å²) in [5, 5.41) is 8.65. The molecule has 1 heterocycles. The number of halogens is 3. The molecule has 21 heavy (non-hydrogen) atoms. The zero-order valence-corrected chi connectivity index (χ0v) is 10.3. The number of rotatable bonds is 3. The van der Waals surface area contributed by atoms with Crippen LogP contribution in [0.25, 0.3) is 0 Å². The van der Waals surface area contributed by atoms with Crippen LogP contribution >= 0.6 is 0 Å². The molecular weight excluding hydrogens is 287 g/mol. The van der Waals surface area contributed by atoms with Gasteiger partial charge in [0.15, 0.2) is 5.69 Å². The van der Waals surface area contributed by atoms with E-state index in [4.69, 9.17) is 15.8 Å². The summed E-state index contributed by atoms with van der Waals surface area (Å²) in [7, 11) is 0. The number of hydrogen-bond donors (Lipinski definition) is 2. The number of nitriles is 1. The number of nitrogens with two attached hydrogens (primary N) is 1. The Morgan fingerprint density at radius 2 is 1.86 bits per heavy atom. The fourth-order valence-electron chi connectivity index (χ4n) is 1.41. The number of nitrogens with one attached hydrogen (secondary N) is 1. The first-order valence-corrected chi connectivity index (χ1v) is 5.53. The highest BCUT2D eigenvalue weighted by Crippen LogP contribution is 2.31. The van der Waals surface area contributed by atoms with Crippen molar-refractivity contribution in [2.24, 2.45) is 5.84 Å². The first-order valence-electron chi connectivity index (χ1n) is 5.53. The van der Waals surface area contributed by atoms with Crippen LogP contribution in [0.2, 0.25) is 0 Å². The zero-order chi connectivity index (χ0) is 15.5. The molecule has 9 heteroatoms. The van der Waals surface area contributed by atoms with Gasteiger partial charge < -0.3 is 4.74 Å². The largest absolute Gasteiger partial charge is 0.439 e. The minimum Gasteiger partial charge on any atom is -0.439 e. The number of ether oxygens (including phenoxy) is 1. The first-order chi connectivity index (χ1) is 9.92. The highest BCUT2D eigenvalue weighted by atomic mass is 19.4. The predicted octanol–water partition coefficient (Wildman–Crippen LogP) is 2.44. The average molecular weight is 295 g/mol. The summed E-state index contributed by atoms with van der Waals surface area (Å²) in [6.45, 7) is 0. The lowest BCUT2D eigenvalue weighted by atomic mass is 10.2. The molecule has 108 valence electrons. The van der Waals surface area contributed by atoms with Crippen molar-refractivity contribution in [3.8, 4) is 17.7 Å². The molecule has 0 atom stereocenters. The van der Waals surface area contributed by atoms with Gasteiger partial charge in [-0.25, -0.2) is 10.8 Å². The fraction of sp³-hybridized carbons (Fsp3) is 0.0833. The standard InChI is InChI=1S/C12H8F3N5O/c13-12(14,15)9-5-10(19-11(18-9)20-17)21-8-3-1-7(6-16)2-4-8/h1-5H,17H2,(H,18,19,20). The monoisotopic (exact) mass is 295 g/mol. The molecule has 0 amide bonds. The second-order valence-corrected chi connectivity index (χ2v) is 3.80. The summed E-state index contributed by atoms with van der Waals surface area (Å²) in [6, 6.07) is 8.35. The Morgan fingerprint density at radius 3 is 2.38 bits per heavy atom. The summed E-state index contributed by atoms with van der Waals surface area (Å²) >= 11 is 0. The van der Waals surface area contributed by atoms with E-state index in [1.807, 2.05) is 11.5 Å². The minimum absolute atomic E-state index is 0.226. The summed E-state index contributed by atoms with van der Waals surface area (Å²) < 4.78 is 43.2. The minimum atomic E-state index is -4.66. The van der Waals surface area contributed by atoms with Crippen molar-refractivity contribution in [2.45, 2.75) is 6.18 Å². The number of nitrogens with zero attached hydrogens (tertiary/aromatic N) is 3. The third-order valence-corrected chi connectivity index (χ3v) is 2.33. The third kappa shape index (κ3) is 3.58. The van der Waals surface area contributed by atoms with Gasteiger partial charge in [0, 0.05) is 6.07 Å². The van der Waals surface area contributed by atoms with Gasteiger partial charge in [-0.2, -0.15) is 23.4 Å². The van der Waals surface area contributed by atoms with E-state index in [1.165, 1.54) is 24.3 Å². The normalized spacial score (nSPS) is 10.8. The molecule has 0 saturated carbocycles. The summed E-state index contributed by atoms with van der Waals surface area (Å²) in [4.78, 5) is 6.87. The molecule has 0 radical (unpaired) electrons. The maximum absolute atomic E-state index is 12.7. The molecule has 1 aromatic carbocycles. The topological polar surface area (TPSA) is 96.8 Å². The SMILES string of the molecule is N#Cc1ccc(Oc2cc(C(F)(F)F)nc(NN)n2)cc1. The Labute approximate surface area is 117 Å². The predicted molar refractivity (Wildman–Crippen MR) is 66.1 cm³/mol. The van der Waals surface area contributed by atoms with Gasteiger partial charge >= 0.3 is 6.18 Å². The van der Waals surface area contributed by atoms with Crippen LogP contribution in [-0.4, -0.2) is 9.97 Å². The summed E-state index contributed by atoms with van der Waals surface area (Å²) in [5.41, 5.74) is 1.15. The zero-order valence-electron chi connectivity index (χ0n) is 10.3. The molecule has 0 aliphatic rings. The molecule has 0 spiro atoms. The molecular formula is C12H8F3N5O. The smallest absolute Gasteiger partial charge is 0.433 e. The quantitative estimate of drug-likeness (QED) is 0.667. The molecule has 3 N–H and O–H groups in total. The molecule has 2 rings (SSSR count). The van der Waals surface area contributed by atoms with E-state index >= 15 is 0 Å². The van der Waals surface area contributed by atoms with Crippen LogP contribution in [-0.2, 0) is 6.18 Å². The number of aromatic nitrogens is 2. The van der Waals surface area contributed by atoms with Crippen molar-refractivity contribution in [1.29, 1.82) is 5.26 Å². The number of anilines is 1. The number of hydrazine groups is 1. The molecule has 0 unspecified atom stereocenters. The van der Waals surface area contributed by atoms with Crippen LogP contribution in [0.15, 0.2) is 30.3 Å². The lowest BCUT2D eigenvalue weighted by molar-refractivity contribution is -0.141. The molecule has 0 saturated heterocycles. The van der Waals surface area contributed by atoms with Gasteiger partial charge in [-0.05, 0) is 24.3 Å². The molecule has 0 fully saturated rings. The van der Waals surface area contributed by atoms with Crippen LogP contribution in [0.5, 0.6) is 11.6 Å². The maximum Gasteiger partial charge on any atom is 0.433 e. The van der Waals surface area contributed by atoms with Crippen molar-refractivity contribution >= 4 is 5.95 Å². The second-order valence-electron chi connectivity index (χ2n) is 3.80. The molecule has 6 nitrogen and oxygen atoms in total. The van der Waals surface area contributed by atoms with Crippen LogP contribution < -0.4 is 16.0 Å². The Bertz CT molecular complexity index is 679. The summed E-state index contributed by atoms with van der Waals surface area (Å²) in [6.07, 6.45) is -4.66. The van der Waals surface area contributed by atoms with Crippen molar-refractivity contribution < 1.29 is 17.9 Å². The van der Waals surface area contributed by atoms with Gasteiger partial charge in [-0.15, -0.1) is 0 Å². The second kappa shape index (κ2) is 5.64. The Kier molecular flexibility index (Phi) is 3.91. The highest BCUT2D eigenvalue weighted by molar-refractivity contribution is 5.37. The van der Waals surface area contributed by atoms with Crippen molar-refractivity contribution in [1.82, 2.24) is 9.97 Å². The van der Waals surface area contributed by atoms with Gasteiger partial charge in [-0.3, -0.25) is 5.43 Å². The third-order valence-electron chi connectivity index (χ3n) is 2.33. The van der Waals surface area contributed by atoms with Gasteiger partial charge in [0.25, 0.3) is 0 Å². The van der Waals surface area contributed by atoms with Gasteiger partial charge in [-0.1, -0.05) is 0 Å². The van der Waals surface area contributed by atoms with Crippen molar-refractivity contribution in [3.05, 3.63) is 41.6 Å². The Hall–Kier alpha value is -2.86. The number of benzene rings is 1. The van der Waals surface area contributed by atoms with E-state index in [2.05, 4.69) is 9.97 Å². The number of nitrogen functional groups attached to an aromatic ring is 1. The lowest BCUT2D eigenvalue weighted by Gasteiger charge is -2.10. The number of alkyl halides is 3. The molecule has 0 aliphatic heterocycles. The first kappa shape index (κ1) is 14.5. The molecule has 1 aromatic heterocycles. The molecule has 0 aliphatic carbocycles.